The molecule has 1 aliphatic heterocycles. The van der Waals surface area contributed by atoms with Crippen LogP contribution in [-0.4, -0.2) is 38.2 Å². The van der Waals surface area contributed by atoms with Crippen molar-refractivity contribution in [1.82, 2.24) is 10.6 Å². The molecule has 0 aliphatic carbocycles. The van der Waals surface area contributed by atoms with Gasteiger partial charge in [-0.15, -0.1) is 0 Å². The SMILES string of the molecule is CNC1C[N]CC1CSC. The van der Waals surface area contributed by atoms with Gasteiger partial charge in [-0.3, -0.25) is 0 Å². The Morgan fingerprint density at radius 1 is 1.60 bits per heavy atom. The Morgan fingerprint density at radius 3 is 3.00 bits per heavy atom. The molecule has 0 aromatic heterocycles. The van der Waals surface area contributed by atoms with E-state index in [1.165, 1.54) is 5.75 Å². The summed E-state index contributed by atoms with van der Waals surface area (Å²) in [7, 11) is 2.03. The van der Waals surface area contributed by atoms with Crippen LogP contribution in [0.4, 0.5) is 0 Å². The lowest BCUT2D eigenvalue weighted by Crippen LogP contribution is -2.33. The van der Waals surface area contributed by atoms with Gasteiger partial charge in [-0.2, -0.15) is 11.8 Å². The normalized spacial score (nSPS) is 33.0. The van der Waals surface area contributed by atoms with E-state index in [0.717, 1.165) is 19.0 Å². The fourth-order valence-corrected chi connectivity index (χ4v) is 2.13. The van der Waals surface area contributed by atoms with Crippen LogP contribution in [-0.2, 0) is 0 Å². The number of rotatable bonds is 3. The second-order valence-corrected chi connectivity index (χ2v) is 3.61. The molecule has 1 aliphatic rings. The van der Waals surface area contributed by atoms with Crippen LogP contribution in [0, 0.1) is 5.92 Å². The maximum Gasteiger partial charge on any atom is 0.0291 e. The van der Waals surface area contributed by atoms with Crippen LogP contribution in [0.5, 0.6) is 0 Å². The van der Waals surface area contributed by atoms with E-state index in [0.29, 0.717) is 6.04 Å². The molecule has 0 saturated carbocycles. The second kappa shape index (κ2) is 4.21. The fraction of sp³-hybridized carbons (Fsp3) is 1.00. The van der Waals surface area contributed by atoms with Gasteiger partial charge >= 0.3 is 0 Å². The summed E-state index contributed by atoms with van der Waals surface area (Å²) in [4.78, 5) is 0. The topological polar surface area (TPSA) is 26.1 Å². The summed E-state index contributed by atoms with van der Waals surface area (Å²) in [6, 6.07) is 0.646. The number of likely N-dealkylation sites (N-methyl/N-ethyl adjacent to an activating group) is 1. The summed E-state index contributed by atoms with van der Waals surface area (Å²) >= 11 is 1.92. The molecule has 3 heteroatoms. The summed E-state index contributed by atoms with van der Waals surface area (Å²) in [5, 5.41) is 7.65. The predicted molar refractivity (Wildman–Crippen MR) is 46.6 cm³/mol. The molecule has 10 heavy (non-hydrogen) atoms. The molecule has 2 unspecified atom stereocenters. The number of nitrogens with zero attached hydrogens (tertiary/aromatic N) is 1. The number of hydrogen-bond donors (Lipinski definition) is 1. The molecule has 1 N–H and O–H groups in total. The first-order valence-electron chi connectivity index (χ1n) is 3.68. The van der Waals surface area contributed by atoms with Crippen molar-refractivity contribution in [3.8, 4) is 0 Å². The van der Waals surface area contributed by atoms with Gasteiger partial charge in [-0.25, -0.2) is 5.32 Å². The van der Waals surface area contributed by atoms with Crippen LogP contribution in [0.2, 0.25) is 0 Å². The Balaban J connectivity index is 2.27. The zero-order valence-electron chi connectivity index (χ0n) is 6.63. The van der Waals surface area contributed by atoms with E-state index in [9.17, 15) is 0 Å². The number of hydrogen-bond acceptors (Lipinski definition) is 2. The lowest BCUT2D eigenvalue weighted by molar-refractivity contribution is 0.497. The van der Waals surface area contributed by atoms with Crippen molar-refractivity contribution >= 4 is 11.8 Å². The number of thioether (sulfide) groups is 1. The Hall–Kier alpha value is 0.270. The summed E-state index contributed by atoms with van der Waals surface area (Å²) < 4.78 is 0. The minimum absolute atomic E-state index is 0.646. The summed E-state index contributed by atoms with van der Waals surface area (Å²) in [5.41, 5.74) is 0. The molecule has 59 valence electrons. The van der Waals surface area contributed by atoms with Crippen LogP contribution in [0.3, 0.4) is 0 Å². The molecular weight excluding hydrogens is 144 g/mol. The van der Waals surface area contributed by atoms with Crippen molar-refractivity contribution in [3.63, 3.8) is 0 Å². The van der Waals surface area contributed by atoms with Gasteiger partial charge in [-0.1, -0.05) is 0 Å². The molecule has 2 atom stereocenters. The molecule has 0 aromatic rings. The summed E-state index contributed by atoms with van der Waals surface area (Å²) in [6.45, 7) is 2.08. The lowest BCUT2D eigenvalue weighted by Gasteiger charge is -2.15. The molecule has 1 fully saturated rings. The van der Waals surface area contributed by atoms with Crippen molar-refractivity contribution in [2.24, 2.45) is 5.92 Å². The van der Waals surface area contributed by atoms with E-state index in [4.69, 9.17) is 0 Å². The first kappa shape index (κ1) is 8.37. The predicted octanol–water partition coefficient (Wildman–Crippen LogP) is 0.172. The van der Waals surface area contributed by atoms with E-state index in [-0.39, 0.29) is 0 Å². The summed E-state index contributed by atoms with van der Waals surface area (Å²) in [5.74, 6) is 2.02. The van der Waals surface area contributed by atoms with Gasteiger partial charge in [0.15, 0.2) is 0 Å². The molecule has 1 rings (SSSR count). The maximum absolute atomic E-state index is 4.36. The molecule has 1 saturated heterocycles. The van der Waals surface area contributed by atoms with Gasteiger partial charge in [0.25, 0.3) is 0 Å². The zero-order valence-corrected chi connectivity index (χ0v) is 7.45. The average molecular weight is 159 g/mol. The Kier molecular flexibility index (Phi) is 3.52. The number of nitrogens with one attached hydrogen (secondary N) is 1. The molecule has 0 spiro atoms. The standard InChI is InChI=1S/C7H15N2S/c1-8-7-4-9-3-6(7)5-10-2/h6-8H,3-5H2,1-2H3. The third kappa shape index (κ3) is 1.87. The lowest BCUT2D eigenvalue weighted by atomic mass is 10.1. The van der Waals surface area contributed by atoms with E-state index >= 15 is 0 Å². The highest BCUT2D eigenvalue weighted by molar-refractivity contribution is 7.98. The average Bonchev–Trinajstić information content (AvgIpc) is 2.36. The van der Waals surface area contributed by atoms with Crippen molar-refractivity contribution in [2.45, 2.75) is 6.04 Å². The highest BCUT2D eigenvalue weighted by Gasteiger charge is 2.25. The van der Waals surface area contributed by atoms with Crippen LogP contribution in [0.15, 0.2) is 0 Å². The first-order chi connectivity index (χ1) is 4.88. The van der Waals surface area contributed by atoms with Gasteiger partial charge in [0.2, 0.25) is 0 Å². The van der Waals surface area contributed by atoms with Crippen molar-refractivity contribution < 1.29 is 0 Å². The minimum atomic E-state index is 0.646. The first-order valence-corrected chi connectivity index (χ1v) is 5.07. The smallest absolute Gasteiger partial charge is 0.0291 e. The fourth-order valence-electron chi connectivity index (χ4n) is 1.37. The van der Waals surface area contributed by atoms with Gasteiger partial charge in [-0.05, 0) is 25.0 Å². The van der Waals surface area contributed by atoms with E-state index in [2.05, 4.69) is 16.9 Å². The second-order valence-electron chi connectivity index (χ2n) is 2.70. The van der Waals surface area contributed by atoms with Crippen molar-refractivity contribution in [3.05, 3.63) is 0 Å². The van der Waals surface area contributed by atoms with Crippen LogP contribution in [0.25, 0.3) is 0 Å². The quantitative estimate of drug-likeness (QED) is 0.635. The third-order valence-electron chi connectivity index (χ3n) is 2.01. The van der Waals surface area contributed by atoms with Gasteiger partial charge < -0.3 is 5.32 Å². The van der Waals surface area contributed by atoms with Gasteiger partial charge in [0.05, 0.1) is 0 Å². The van der Waals surface area contributed by atoms with Gasteiger partial charge in [0.1, 0.15) is 0 Å². The van der Waals surface area contributed by atoms with Crippen LogP contribution < -0.4 is 10.6 Å². The third-order valence-corrected chi connectivity index (χ3v) is 2.77. The van der Waals surface area contributed by atoms with Gasteiger partial charge in [0, 0.05) is 19.1 Å². The molecule has 0 amide bonds. The molecule has 1 heterocycles. The molecule has 1 radical (unpaired) electrons. The van der Waals surface area contributed by atoms with Crippen molar-refractivity contribution in [1.29, 1.82) is 0 Å². The Labute approximate surface area is 67.1 Å². The van der Waals surface area contributed by atoms with E-state index < -0.39 is 0 Å². The highest BCUT2D eigenvalue weighted by atomic mass is 32.2. The summed E-state index contributed by atoms with van der Waals surface area (Å²) in [6.07, 6.45) is 2.16. The Bertz CT molecular complexity index is 97.6. The Morgan fingerprint density at radius 2 is 2.40 bits per heavy atom. The minimum Gasteiger partial charge on any atom is -0.315 e. The van der Waals surface area contributed by atoms with Crippen molar-refractivity contribution in [2.75, 3.05) is 32.1 Å². The molecule has 0 bridgehead atoms. The van der Waals surface area contributed by atoms with E-state index in [1.54, 1.807) is 0 Å². The highest BCUT2D eigenvalue weighted by Crippen LogP contribution is 2.14. The maximum atomic E-state index is 4.36. The van der Waals surface area contributed by atoms with Crippen LogP contribution in [0.1, 0.15) is 0 Å². The molecular formula is C7H15N2S. The molecule has 2 nitrogen and oxygen atoms in total. The largest absolute Gasteiger partial charge is 0.315 e. The monoisotopic (exact) mass is 159 g/mol. The molecule has 0 aromatic carbocycles. The van der Waals surface area contributed by atoms with Crippen LogP contribution >= 0.6 is 11.8 Å². The van der Waals surface area contributed by atoms with E-state index in [1.807, 2.05) is 18.8 Å². The zero-order chi connectivity index (χ0) is 7.40.